The standard InChI is InChI=1S/C19H18ClN3O5S2/c1-4-28-18(27)14-8(2)13-16(26)22-19(23-17(13)30-14)29-9(3)15(25)21-11-7-10(20)5-6-12(11)24/h5-7,9,24H,4H2,1-3H3,(H,21,25)(H,22,23,26). The van der Waals surface area contributed by atoms with E-state index in [4.69, 9.17) is 16.3 Å². The van der Waals surface area contributed by atoms with Gasteiger partial charge in [-0.3, -0.25) is 9.59 Å². The number of thioether (sulfide) groups is 1. The number of aromatic nitrogens is 2. The van der Waals surface area contributed by atoms with Gasteiger partial charge in [0.25, 0.3) is 5.56 Å². The van der Waals surface area contributed by atoms with Gasteiger partial charge in [-0.05, 0) is 44.5 Å². The first kappa shape index (κ1) is 22.1. The van der Waals surface area contributed by atoms with Crippen molar-refractivity contribution in [3.8, 4) is 5.75 Å². The molecule has 3 rings (SSSR count). The number of hydrogen-bond acceptors (Lipinski definition) is 8. The van der Waals surface area contributed by atoms with Crippen LogP contribution in [0.2, 0.25) is 5.02 Å². The molecule has 1 aromatic carbocycles. The van der Waals surface area contributed by atoms with Crippen LogP contribution in [-0.2, 0) is 9.53 Å². The molecule has 0 fully saturated rings. The third-order valence-electron chi connectivity index (χ3n) is 4.11. The van der Waals surface area contributed by atoms with E-state index in [0.717, 1.165) is 23.1 Å². The summed E-state index contributed by atoms with van der Waals surface area (Å²) in [6.07, 6.45) is 0. The first-order chi connectivity index (χ1) is 14.2. The number of phenolic OH excluding ortho intramolecular Hbond substituents is 1. The van der Waals surface area contributed by atoms with E-state index in [2.05, 4.69) is 15.3 Å². The van der Waals surface area contributed by atoms with E-state index in [0.29, 0.717) is 25.7 Å². The van der Waals surface area contributed by atoms with Crippen LogP contribution in [0, 0.1) is 6.92 Å². The Kier molecular flexibility index (Phi) is 6.69. The van der Waals surface area contributed by atoms with Gasteiger partial charge in [-0.1, -0.05) is 23.4 Å². The van der Waals surface area contributed by atoms with Crippen molar-refractivity contribution in [1.29, 1.82) is 0 Å². The Morgan fingerprint density at radius 3 is 2.87 bits per heavy atom. The fraction of sp³-hybridized carbons (Fsp3) is 0.263. The first-order valence-electron chi connectivity index (χ1n) is 8.87. The maximum atomic E-state index is 12.5. The molecule has 3 N–H and O–H groups in total. The first-order valence-corrected chi connectivity index (χ1v) is 10.9. The molecule has 0 spiro atoms. The zero-order valence-electron chi connectivity index (χ0n) is 16.2. The fourth-order valence-corrected chi connectivity index (χ4v) is 4.74. The average molecular weight is 468 g/mol. The number of aromatic hydroxyl groups is 1. The number of H-pyrrole nitrogens is 1. The highest BCUT2D eigenvalue weighted by Crippen LogP contribution is 2.31. The molecule has 11 heteroatoms. The Bertz CT molecular complexity index is 1190. The van der Waals surface area contributed by atoms with Crippen LogP contribution in [0.15, 0.2) is 28.2 Å². The summed E-state index contributed by atoms with van der Waals surface area (Å²) in [6.45, 7) is 5.24. The Labute approximate surface area is 184 Å². The lowest BCUT2D eigenvalue weighted by Crippen LogP contribution is -2.23. The number of aryl methyl sites for hydroxylation is 1. The normalized spacial score (nSPS) is 12.0. The van der Waals surface area contributed by atoms with Crippen molar-refractivity contribution in [2.75, 3.05) is 11.9 Å². The maximum absolute atomic E-state index is 12.5. The second-order valence-electron chi connectivity index (χ2n) is 6.24. The number of nitrogens with zero attached hydrogens (tertiary/aromatic N) is 1. The van der Waals surface area contributed by atoms with Crippen LogP contribution in [0.25, 0.3) is 10.2 Å². The number of ether oxygens (including phenoxy) is 1. The number of thiophene rings is 1. The average Bonchev–Trinajstić information content (AvgIpc) is 3.01. The number of nitrogens with one attached hydrogen (secondary N) is 2. The van der Waals surface area contributed by atoms with E-state index >= 15 is 0 Å². The minimum absolute atomic E-state index is 0.113. The molecule has 0 bridgehead atoms. The number of carbonyl (C=O) groups excluding carboxylic acids is 2. The quantitative estimate of drug-likeness (QED) is 0.217. The van der Waals surface area contributed by atoms with Crippen molar-refractivity contribution in [2.24, 2.45) is 0 Å². The largest absolute Gasteiger partial charge is 0.506 e. The second kappa shape index (κ2) is 9.07. The number of rotatable bonds is 6. The molecular weight excluding hydrogens is 450 g/mol. The number of halogens is 1. The van der Waals surface area contributed by atoms with E-state index in [9.17, 15) is 19.5 Å². The third-order valence-corrected chi connectivity index (χ3v) is 6.50. The maximum Gasteiger partial charge on any atom is 0.348 e. The van der Waals surface area contributed by atoms with Gasteiger partial charge in [0.1, 0.15) is 15.5 Å². The lowest BCUT2D eigenvalue weighted by Gasteiger charge is -2.12. The summed E-state index contributed by atoms with van der Waals surface area (Å²) in [6, 6.07) is 4.31. The number of amides is 1. The van der Waals surface area contributed by atoms with Crippen molar-refractivity contribution in [2.45, 2.75) is 31.2 Å². The van der Waals surface area contributed by atoms with Crippen LogP contribution in [0.5, 0.6) is 5.75 Å². The molecule has 8 nitrogen and oxygen atoms in total. The van der Waals surface area contributed by atoms with Gasteiger partial charge in [0.05, 0.1) is 22.9 Å². The van der Waals surface area contributed by atoms with E-state index in [1.165, 1.54) is 18.2 Å². The molecule has 1 unspecified atom stereocenters. The van der Waals surface area contributed by atoms with Gasteiger partial charge >= 0.3 is 5.97 Å². The molecule has 0 saturated heterocycles. The molecule has 2 aromatic heterocycles. The summed E-state index contributed by atoms with van der Waals surface area (Å²) in [5.41, 5.74) is 0.303. The summed E-state index contributed by atoms with van der Waals surface area (Å²) < 4.78 is 5.02. The SMILES string of the molecule is CCOC(=O)c1sc2nc(SC(C)C(=O)Nc3cc(Cl)ccc3O)[nH]c(=O)c2c1C. The number of anilines is 1. The Morgan fingerprint density at radius 1 is 1.43 bits per heavy atom. The number of aromatic amines is 1. The Hall–Kier alpha value is -2.56. The minimum atomic E-state index is -0.644. The van der Waals surface area contributed by atoms with Gasteiger partial charge in [0, 0.05) is 5.02 Å². The van der Waals surface area contributed by atoms with E-state index in [1.807, 2.05) is 0 Å². The molecule has 0 aliphatic rings. The molecular formula is C19H18ClN3O5S2. The number of esters is 1. The van der Waals surface area contributed by atoms with Crippen molar-refractivity contribution in [3.05, 3.63) is 44.0 Å². The van der Waals surface area contributed by atoms with Gasteiger partial charge in [-0.15, -0.1) is 11.3 Å². The lowest BCUT2D eigenvalue weighted by molar-refractivity contribution is -0.115. The molecule has 158 valence electrons. The van der Waals surface area contributed by atoms with Gasteiger partial charge < -0.3 is 20.1 Å². The van der Waals surface area contributed by atoms with Crippen LogP contribution >= 0.6 is 34.7 Å². The molecule has 1 atom stereocenters. The molecule has 0 aliphatic carbocycles. The molecule has 1 amide bonds. The van der Waals surface area contributed by atoms with E-state index in [-0.39, 0.29) is 23.2 Å². The van der Waals surface area contributed by atoms with Crippen molar-refractivity contribution in [3.63, 3.8) is 0 Å². The fourth-order valence-electron chi connectivity index (χ4n) is 2.64. The molecule has 0 radical (unpaired) electrons. The van der Waals surface area contributed by atoms with Gasteiger partial charge in [-0.2, -0.15) is 0 Å². The van der Waals surface area contributed by atoms with Crippen molar-refractivity contribution < 1.29 is 19.4 Å². The summed E-state index contributed by atoms with van der Waals surface area (Å²) in [5.74, 6) is -1.02. The van der Waals surface area contributed by atoms with Crippen LogP contribution in [0.4, 0.5) is 5.69 Å². The highest BCUT2D eigenvalue weighted by atomic mass is 35.5. The highest BCUT2D eigenvalue weighted by molar-refractivity contribution is 8.00. The van der Waals surface area contributed by atoms with Gasteiger partial charge in [0.15, 0.2) is 5.16 Å². The number of benzene rings is 1. The molecule has 2 heterocycles. The summed E-state index contributed by atoms with van der Waals surface area (Å²) in [4.78, 5) is 44.9. The summed E-state index contributed by atoms with van der Waals surface area (Å²) in [7, 11) is 0. The molecule has 0 aliphatic heterocycles. The number of phenols is 1. The van der Waals surface area contributed by atoms with Crippen LogP contribution in [-0.4, -0.2) is 38.8 Å². The summed E-state index contributed by atoms with van der Waals surface area (Å²) >= 11 is 8.01. The van der Waals surface area contributed by atoms with Crippen LogP contribution < -0.4 is 10.9 Å². The zero-order valence-corrected chi connectivity index (χ0v) is 18.6. The second-order valence-corrected chi connectivity index (χ2v) is 9.00. The van der Waals surface area contributed by atoms with Gasteiger partial charge in [0.2, 0.25) is 5.91 Å². The number of carbonyl (C=O) groups is 2. The van der Waals surface area contributed by atoms with E-state index < -0.39 is 22.7 Å². The Balaban J connectivity index is 1.83. The minimum Gasteiger partial charge on any atom is -0.506 e. The van der Waals surface area contributed by atoms with Gasteiger partial charge in [-0.25, -0.2) is 9.78 Å². The number of fused-ring (bicyclic) bond motifs is 1. The smallest absolute Gasteiger partial charge is 0.348 e. The third kappa shape index (κ3) is 4.61. The number of hydrogen-bond donors (Lipinski definition) is 3. The molecule has 3 aromatic rings. The topological polar surface area (TPSA) is 121 Å². The van der Waals surface area contributed by atoms with E-state index in [1.54, 1.807) is 20.8 Å². The molecule has 30 heavy (non-hydrogen) atoms. The van der Waals surface area contributed by atoms with Crippen LogP contribution in [0.3, 0.4) is 0 Å². The predicted molar refractivity (Wildman–Crippen MR) is 118 cm³/mol. The predicted octanol–water partition coefficient (Wildman–Crippen LogP) is 3.95. The van der Waals surface area contributed by atoms with Crippen molar-refractivity contribution >= 4 is 62.5 Å². The monoisotopic (exact) mass is 467 g/mol. The molecule has 0 saturated carbocycles. The van der Waals surface area contributed by atoms with Crippen LogP contribution in [0.1, 0.15) is 29.1 Å². The van der Waals surface area contributed by atoms with Crippen molar-refractivity contribution in [1.82, 2.24) is 9.97 Å². The summed E-state index contributed by atoms with van der Waals surface area (Å²) in [5, 5.41) is 12.7. The highest BCUT2D eigenvalue weighted by Gasteiger charge is 2.22. The lowest BCUT2D eigenvalue weighted by atomic mass is 10.2. The Morgan fingerprint density at radius 2 is 2.17 bits per heavy atom. The zero-order chi connectivity index (χ0) is 22.0.